The molecule has 118 valence electrons. The average Bonchev–Trinajstić information content (AvgIpc) is 2.47. The second kappa shape index (κ2) is 9.09. The van der Waals surface area contributed by atoms with Gasteiger partial charge in [0.15, 0.2) is 0 Å². The van der Waals surface area contributed by atoms with Gasteiger partial charge >= 0.3 is 0 Å². The fraction of sp³-hybridized carbons (Fsp3) is 0.684. The zero-order valence-electron chi connectivity index (χ0n) is 13.4. The Morgan fingerprint density at radius 2 is 1.86 bits per heavy atom. The molecule has 2 heteroatoms. The lowest BCUT2D eigenvalue weighted by atomic mass is 9.92. The van der Waals surface area contributed by atoms with Crippen LogP contribution in [0.5, 0.6) is 5.75 Å². The van der Waals surface area contributed by atoms with Crippen molar-refractivity contribution in [2.45, 2.75) is 70.8 Å². The first-order valence-electron chi connectivity index (χ1n) is 8.70. The van der Waals surface area contributed by atoms with Gasteiger partial charge in [0.25, 0.3) is 0 Å². The molecule has 1 saturated carbocycles. The zero-order chi connectivity index (χ0) is 14.9. The minimum absolute atomic E-state index is 0.361. The van der Waals surface area contributed by atoms with E-state index in [1.807, 2.05) is 24.3 Å². The summed E-state index contributed by atoms with van der Waals surface area (Å²) in [5.41, 5.74) is 0.979. The van der Waals surface area contributed by atoms with Crippen molar-refractivity contribution in [3.05, 3.63) is 29.8 Å². The van der Waals surface area contributed by atoms with Gasteiger partial charge in [0.2, 0.25) is 0 Å². The van der Waals surface area contributed by atoms with Crippen LogP contribution in [0.2, 0.25) is 0 Å². The van der Waals surface area contributed by atoms with E-state index >= 15 is 0 Å². The van der Waals surface area contributed by atoms with Crippen LogP contribution in [0.25, 0.3) is 0 Å². The molecule has 0 spiro atoms. The van der Waals surface area contributed by atoms with E-state index in [1.165, 1.54) is 44.9 Å². The quantitative estimate of drug-likeness (QED) is 0.774. The molecule has 2 rings (SSSR count). The number of rotatable bonds is 6. The summed E-state index contributed by atoms with van der Waals surface area (Å²) in [6, 6.07) is 7.99. The molecule has 0 saturated heterocycles. The van der Waals surface area contributed by atoms with E-state index in [0.717, 1.165) is 30.8 Å². The molecule has 0 radical (unpaired) electrons. The number of aliphatic hydroxyl groups is 1. The van der Waals surface area contributed by atoms with Crippen LogP contribution in [0.1, 0.15) is 76.4 Å². The van der Waals surface area contributed by atoms with Gasteiger partial charge in [0.1, 0.15) is 5.75 Å². The normalized spacial score (nSPS) is 18.8. The van der Waals surface area contributed by atoms with E-state index in [-0.39, 0.29) is 6.10 Å². The summed E-state index contributed by atoms with van der Waals surface area (Å²) in [6.45, 7) is 2.92. The van der Waals surface area contributed by atoms with Gasteiger partial charge in [-0.05, 0) is 42.9 Å². The van der Waals surface area contributed by atoms with Crippen LogP contribution in [0.4, 0.5) is 0 Å². The summed E-state index contributed by atoms with van der Waals surface area (Å²) >= 11 is 0. The van der Waals surface area contributed by atoms with Crippen LogP contribution in [-0.4, -0.2) is 11.7 Å². The SMILES string of the molecule is CCCC(O)c1cccc(OCC2CCCCCCC2)c1. The smallest absolute Gasteiger partial charge is 0.119 e. The van der Waals surface area contributed by atoms with Crippen molar-refractivity contribution < 1.29 is 9.84 Å². The Morgan fingerprint density at radius 1 is 1.14 bits per heavy atom. The molecule has 1 unspecified atom stereocenters. The molecule has 0 amide bonds. The largest absolute Gasteiger partial charge is 0.493 e. The summed E-state index contributed by atoms with van der Waals surface area (Å²) in [7, 11) is 0. The van der Waals surface area contributed by atoms with E-state index in [0.29, 0.717) is 5.92 Å². The summed E-state index contributed by atoms with van der Waals surface area (Å²) < 4.78 is 6.00. The first-order valence-corrected chi connectivity index (χ1v) is 8.70. The van der Waals surface area contributed by atoms with Crippen LogP contribution in [0.3, 0.4) is 0 Å². The number of hydrogen-bond acceptors (Lipinski definition) is 2. The molecular formula is C19H30O2. The van der Waals surface area contributed by atoms with E-state index in [2.05, 4.69) is 6.92 Å². The molecule has 0 aromatic heterocycles. The molecule has 1 aliphatic rings. The lowest BCUT2D eigenvalue weighted by Crippen LogP contribution is -2.13. The first kappa shape index (κ1) is 16.4. The zero-order valence-corrected chi connectivity index (χ0v) is 13.4. The topological polar surface area (TPSA) is 29.5 Å². The fourth-order valence-corrected chi connectivity index (χ4v) is 3.17. The second-order valence-corrected chi connectivity index (χ2v) is 6.40. The third kappa shape index (κ3) is 5.70. The molecular weight excluding hydrogens is 260 g/mol. The van der Waals surface area contributed by atoms with Gasteiger partial charge in [-0.3, -0.25) is 0 Å². The van der Waals surface area contributed by atoms with Gasteiger partial charge in [-0.15, -0.1) is 0 Å². The third-order valence-corrected chi connectivity index (χ3v) is 4.52. The van der Waals surface area contributed by atoms with E-state index in [9.17, 15) is 5.11 Å². The Hall–Kier alpha value is -1.02. The molecule has 0 aliphatic heterocycles. The van der Waals surface area contributed by atoms with Crippen molar-refractivity contribution in [1.82, 2.24) is 0 Å². The number of aliphatic hydroxyl groups excluding tert-OH is 1. The highest BCUT2D eigenvalue weighted by atomic mass is 16.5. The van der Waals surface area contributed by atoms with Gasteiger partial charge in [0, 0.05) is 0 Å². The maximum absolute atomic E-state index is 10.1. The average molecular weight is 290 g/mol. The Kier molecular flexibility index (Phi) is 7.08. The van der Waals surface area contributed by atoms with E-state index in [4.69, 9.17) is 4.74 Å². The van der Waals surface area contributed by atoms with Crippen molar-refractivity contribution in [3.63, 3.8) is 0 Å². The van der Waals surface area contributed by atoms with Gasteiger partial charge in [0.05, 0.1) is 12.7 Å². The van der Waals surface area contributed by atoms with E-state index < -0.39 is 0 Å². The van der Waals surface area contributed by atoms with Crippen molar-refractivity contribution in [1.29, 1.82) is 0 Å². The molecule has 1 atom stereocenters. The third-order valence-electron chi connectivity index (χ3n) is 4.52. The van der Waals surface area contributed by atoms with Gasteiger partial charge in [-0.2, -0.15) is 0 Å². The molecule has 0 heterocycles. The molecule has 21 heavy (non-hydrogen) atoms. The molecule has 1 fully saturated rings. The van der Waals surface area contributed by atoms with Gasteiger partial charge in [-0.1, -0.05) is 57.6 Å². The Balaban J connectivity index is 1.85. The van der Waals surface area contributed by atoms with Crippen molar-refractivity contribution >= 4 is 0 Å². The minimum Gasteiger partial charge on any atom is -0.493 e. The molecule has 2 nitrogen and oxygen atoms in total. The number of benzene rings is 1. The maximum atomic E-state index is 10.1. The number of hydrogen-bond donors (Lipinski definition) is 1. The van der Waals surface area contributed by atoms with Crippen LogP contribution in [-0.2, 0) is 0 Å². The fourth-order valence-electron chi connectivity index (χ4n) is 3.17. The number of ether oxygens (including phenoxy) is 1. The first-order chi connectivity index (χ1) is 10.3. The maximum Gasteiger partial charge on any atom is 0.119 e. The summed E-state index contributed by atoms with van der Waals surface area (Å²) in [6.07, 6.45) is 10.9. The Bertz CT molecular complexity index is 394. The van der Waals surface area contributed by atoms with Gasteiger partial charge < -0.3 is 9.84 Å². The standard InChI is InChI=1S/C19H30O2/c1-2-9-19(20)17-12-8-13-18(14-17)21-15-16-10-6-4-3-5-7-11-16/h8,12-14,16,19-20H,2-7,9-11,15H2,1H3. The van der Waals surface area contributed by atoms with E-state index in [1.54, 1.807) is 0 Å². The Morgan fingerprint density at radius 3 is 2.57 bits per heavy atom. The van der Waals surface area contributed by atoms with Crippen LogP contribution < -0.4 is 4.74 Å². The molecule has 0 bridgehead atoms. The Labute approximate surface area is 129 Å². The lowest BCUT2D eigenvalue weighted by molar-refractivity contribution is 0.165. The van der Waals surface area contributed by atoms with Crippen molar-refractivity contribution in [2.75, 3.05) is 6.61 Å². The summed E-state index contributed by atoms with van der Waals surface area (Å²) in [4.78, 5) is 0. The predicted octanol–water partition coefficient (Wildman–Crippen LogP) is 5.26. The molecule has 1 aromatic rings. The monoisotopic (exact) mass is 290 g/mol. The lowest BCUT2D eigenvalue weighted by Gasteiger charge is -2.20. The summed E-state index contributed by atoms with van der Waals surface area (Å²) in [5, 5.41) is 10.1. The second-order valence-electron chi connectivity index (χ2n) is 6.40. The van der Waals surface area contributed by atoms with Gasteiger partial charge in [-0.25, -0.2) is 0 Å². The molecule has 1 aliphatic carbocycles. The highest BCUT2D eigenvalue weighted by Crippen LogP contribution is 2.25. The highest BCUT2D eigenvalue weighted by Gasteiger charge is 2.13. The van der Waals surface area contributed by atoms with Crippen LogP contribution in [0, 0.1) is 5.92 Å². The van der Waals surface area contributed by atoms with Crippen LogP contribution in [0.15, 0.2) is 24.3 Å². The molecule has 1 N–H and O–H groups in total. The predicted molar refractivity (Wildman–Crippen MR) is 87.6 cm³/mol. The van der Waals surface area contributed by atoms with Crippen LogP contribution >= 0.6 is 0 Å². The minimum atomic E-state index is -0.361. The molecule has 1 aromatic carbocycles. The summed E-state index contributed by atoms with van der Waals surface area (Å²) in [5.74, 6) is 1.61. The van der Waals surface area contributed by atoms with Crippen molar-refractivity contribution in [2.24, 2.45) is 5.92 Å². The highest BCUT2D eigenvalue weighted by molar-refractivity contribution is 5.29. The van der Waals surface area contributed by atoms with Crippen molar-refractivity contribution in [3.8, 4) is 5.75 Å².